The zero-order chi connectivity index (χ0) is 21.4. The molecule has 0 heterocycles. The first-order chi connectivity index (χ1) is 13.5. The number of fused-ring (bicyclic) bond motifs is 5. The second-order valence-electron chi connectivity index (χ2n) is 10.5. The topological polar surface area (TPSA) is 60.4 Å². The van der Waals surface area contributed by atoms with E-state index in [0.29, 0.717) is 30.8 Å². The molecule has 0 aromatic rings. The molecule has 160 valence electrons. The minimum absolute atomic E-state index is 0.0409. The van der Waals surface area contributed by atoms with Gasteiger partial charge < -0.3 is 4.74 Å². The van der Waals surface area contributed by atoms with Crippen LogP contribution in [0.25, 0.3) is 0 Å². The number of hydrogen-bond acceptors (Lipinski definition) is 4. The molecule has 29 heavy (non-hydrogen) atoms. The number of allylic oxidation sites excluding steroid dienone is 1. The van der Waals surface area contributed by atoms with Crippen LogP contribution in [0.3, 0.4) is 0 Å². The van der Waals surface area contributed by atoms with Gasteiger partial charge in [-0.25, -0.2) is 4.39 Å². The lowest BCUT2D eigenvalue weighted by atomic mass is 9.46. The van der Waals surface area contributed by atoms with Gasteiger partial charge in [-0.3, -0.25) is 14.4 Å². The monoisotopic (exact) mass is 404 g/mol. The summed E-state index contributed by atoms with van der Waals surface area (Å²) < 4.78 is 21.2. The molecule has 4 aliphatic carbocycles. The van der Waals surface area contributed by atoms with Crippen molar-refractivity contribution in [2.24, 2.45) is 34.5 Å². The normalized spacial score (nSPS) is 48.8. The standard InChI is InChI=1S/C24H33FO4/c1-13-10-19-17-12-21(25)20-11-16(28)6-8-22(20,4)18(17)7-9-23(19,5)24(13,14(2)26)29-15(3)27/h11,13,17-19,21H,6-10,12H2,1-5H3/t13-,17-,18+,19+,21+,22-,23+,24+/m1/s1. The average molecular weight is 405 g/mol. The van der Waals surface area contributed by atoms with E-state index in [0.717, 1.165) is 19.3 Å². The number of hydrogen-bond donors (Lipinski definition) is 0. The summed E-state index contributed by atoms with van der Waals surface area (Å²) in [6, 6.07) is 0. The first-order valence-corrected chi connectivity index (χ1v) is 11.1. The molecule has 4 rings (SSSR count). The minimum Gasteiger partial charge on any atom is -0.450 e. The first-order valence-electron chi connectivity index (χ1n) is 11.1. The van der Waals surface area contributed by atoms with Gasteiger partial charge in [0.05, 0.1) is 0 Å². The van der Waals surface area contributed by atoms with Gasteiger partial charge in [-0.05, 0) is 73.8 Å². The maximum atomic E-state index is 15.4. The van der Waals surface area contributed by atoms with Crippen molar-refractivity contribution in [2.75, 3.05) is 0 Å². The van der Waals surface area contributed by atoms with Crippen LogP contribution in [0.1, 0.15) is 73.1 Å². The Morgan fingerprint density at radius 1 is 1.14 bits per heavy atom. The van der Waals surface area contributed by atoms with Crippen LogP contribution in [-0.2, 0) is 19.1 Å². The average Bonchev–Trinajstić information content (AvgIpc) is 2.85. The largest absolute Gasteiger partial charge is 0.450 e. The molecule has 3 saturated carbocycles. The highest BCUT2D eigenvalue weighted by molar-refractivity contribution is 5.92. The second-order valence-corrected chi connectivity index (χ2v) is 10.5. The molecule has 0 aliphatic heterocycles. The van der Waals surface area contributed by atoms with E-state index in [1.807, 2.05) is 6.92 Å². The highest BCUT2D eigenvalue weighted by Crippen LogP contribution is 2.69. The quantitative estimate of drug-likeness (QED) is 0.631. The number of Topliss-reactive ketones (excluding diaryl/α,β-unsaturated/α-hetero) is 1. The number of carbonyl (C=O) groups excluding carboxylic acids is 3. The lowest BCUT2D eigenvalue weighted by molar-refractivity contribution is -0.193. The Labute approximate surface area is 172 Å². The van der Waals surface area contributed by atoms with Crippen molar-refractivity contribution in [3.8, 4) is 0 Å². The zero-order valence-corrected chi connectivity index (χ0v) is 18.2. The molecule has 0 N–H and O–H groups in total. The van der Waals surface area contributed by atoms with Gasteiger partial charge in [-0.1, -0.05) is 20.8 Å². The molecular weight excluding hydrogens is 371 g/mol. The van der Waals surface area contributed by atoms with Crippen LogP contribution in [0.2, 0.25) is 0 Å². The van der Waals surface area contributed by atoms with E-state index in [-0.39, 0.29) is 34.7 Å². The molecule has 0 aromatic heterocycles. The number of ether oxygens (including phenoxy) is 1. The summed E-state index contributed by atoms with van der Waals surface area (Å²) in [6.07, 6.45) is 4.49. The summed E-state index contributed by atoms with van der Waals surface area (Å²) in [4.78, 5) is 36.9. The number of halogens is 1. The lowest BCUT2D eigenvalue weighted by Crippen LogP contribution is -2.60. The van der Waals surface area contributed by atoms with Crippen LogP contribution in [0.15, 0.2) is 11.6 Å². The summed E-state index contributed by atoms with van der Waals surface area (Å²) in [5.74, 6) is 0.0104. The third-order valence-corrected chi connectivity index (χ3v) is 9.31. The second kappa shape index (κ2) is 6.49. The van der Waals surface area contributed by atoms with Crippen LogP contribution in [0.5, 0.6) is 0 Å². The predicted molar refractivity (Wildman–Crippen MR) is 107 cm³/mol. The number of carbonyl (C=O) groups is 3. The van der Waals surface area contributed by atoms with Crippen LogP contribution in [-0.4, -0.2) is 29.3 Å². The van der Waals surface area contributed by atoms with Crippen LogP contribution >= 0.6 is 0 Å². The van der Waals surface area contributed by atoms with E-state index < -0.39 is 23.2 Å². The van der Waals surface area contributed by atoms with Crippen molar-refractivity contribution in [3.05, 3.63) is 11.6 Å². The fourth-order valence-corrected chi connectivity index (χ4v) is 8.15. The Hall–Kier alpha value is -1.52. The maximum absolute atomic E-state index is 15.4. The fourth-order valence-electron chi connectivity index (χ4n) is 8.15. The molecule has 4 aliphatic rings. The van der Waals surface area contributed by atoms with Crippen LogP contribution in [0, 0.1) is 34.5 Å². The molecule has 0 spiro atoms. The Balaban J connectivity index is 1.77. The van der Waals surface area contributed by atoms with E-state index in [9.17, 15) is 14.4 Å². The van der Waals surface area contributed by atoms with E-state index >= 15 is 4.39 Å². The molecule has 0 amide bonds. The Kier molecular flexibility index (Phi) is 4.64. The van der Waals surface area contributed by atoms with Gasteiger partial charge >= 0.3 is 5.97 Å². The molecule has 0 bridgehead atoms. The fraction of sp³-hybridized carbons (Fsp3) is 0.792. The van der Waals surface area contributed by atoms with Crippen molar-refractivity contribution >= 4 is 17.5 Å². The number of ketones is 2. The highest BCUT2D eigenvalue weighted by Gasteiger charge is 2.71. The predicted octanol–water partition coefficient (Wildman–Crippen LogP) is 4.60. The Bertz CT molecular complexity index is 803. The summed E-state index contributed by atoms with van der Waals surface area (Å²) in [5.41, 5.74) is -1.20. The number of esters is 1. The van der Waals surface area contributed by atoms with Crippen LogP contribution < -0.4 is 0 Å². The zero-order valence-electron chi connectivity index (χ0n) is 18.2. The summed E-state index contributed by atoms with van der Waals surface area (Å²) in [5, 5.41) is 0. The van der Waals surface area contributed by atoms with Gasteiger partial charge in [-0.2, -0.15) is 0 Å². The summed E-state index contributed by atoms with van der Waals surface area (Å²) >= 11 is 0. The Morgan fingerprint density at radius 3 is 2.45 bits per heavy atom. The van der Waals surface area contributed by atoms with Crippen molar-refractivity contribution < 1.29 is 23.5 Å². The lowest BCUT2D eigenvalue weighted by Gasteiger charge is -2.59. The van der Waals surface area contributed by atoms with Crippen LogP contribution in [0.4, 0.5) is 4.39 Å². The van der Waals surface area contributed by atoms with E-state index in [1.54, 1.807) is 6.08 Å². The van der Waals surface area contributed by atoms with Crippen molar-refractivity contribution in [1.82, 2.24) is 0 Å². The first kappa shape index (κ1) is 20.7. The van der Waals surface area contributed by atoms with Crippen molar-refractivity contribution in [2.45, 2.75) is 84.9 Å². The van der Waals surface area contributed by atoms with E-state index in [2.05, 4.69) is 13.8 Å². The minimum atomic E-state index is -1.13. The van der Waals surface area contributed by atoms with Gasteiger partial charge in [-0.15, -0.1) is 0 Å². The molecule has 0 saturated heterocycles. The third-order valence-electron chi connectivity index (χ3n) is 9.31. The van der Waals surface area contributed by atoms with Gasteiger partial charge in [0.2, 0.25) is 0 Å². The molecule has 0 radical (unpaired) electrons. The molecule has 5 heteroatoms. The molecule has 8 atom stereocenters. The highest BCUT2D eigenvalue weighted by atomic mass is 19.1. The van der Waals surface area contributed by atoms with Gasteiger partial charge in [0.1, 0.15) is 6.17 Å². The molecular formula is C24H33FO4. The summed E-state index contributed by atoms with van der Waals surface area (Å²) in [7, 11) is 0. The van der Waals surface area contributed by atoms with E-state index in [4.69, 9.17) is 4.74 Å². The van der Waals surface area contributed by atoms with Gasteiger partial charge in [0, 0.05) is 24.7 Å². The van der Waals surface area contributed by atoms with Crippen molar-refractivity contribution in [1.29, 1.82) is 0 Å². The molecule has 3 fully saturated rings. The maximum Gasteiger partial charge on any atom is 0.303 e. The van der Waals surface area contributed by atoms with Crippen molar-refractivity contribution in [3.63, 3.8) is 0 Å². The molecule has 4 nitrogen and oxygen atoms in total. The number of alkyl halides is 1. The summed E-state index contributed by atoms with van der Waals surface area (Å²) in [6.45, 7) is 9.14. The van der Waals surface area contributed by atoms with E-state index in [1.165, 1.54) is 13.8 Å². The SMILES string of the molecule is CC(=O)O[C@]1(C(C)=O)[C@H](C)C[C@H]2[C@@H]3C[C@H](F)C4=CC(=O)CC[C@]4(C)[C@H]3CC[C@@]21C. The Morgan fingerprint density at radius 2 is 1.83 bits per heavy atom. The number of rotatable bonds is 2. The van der Waals surface area contributed by atoms with Gasteiger partial charge in [0.15, 0.2) is 17.2 Å². The smallest absolute Gasteiger partial charge is 0.303 e. The van der Waals surface area contributed by atoms with Gasteiger partial charge in [0.25, 0.3) is 0 Å². The molecule has 0 unspecified atom stereocenters. The molecule has 0 aromatic carbocycles. The third kappa shape index (κ3) is 2.58.